The Morgan fingerprint density at radius 3 is 2.24 bits per heavy atom. The molecule has 0 aliphatic carbocycles. The molecule has 1 aliphatic heterocycles. The second kappa shape index (κ2) is 8.10. The Labute approximate surface area is 127 Å². The molecule has 0 radical (unpaired) electrons. The topological polar surface area (TPSA) is 43.0 Å². The fraction of sp³-hybridized carbons (Fsp3) is 0.625. The summed E-state index contributed by atoms with van der Waals surface area (Å²) >= 11 is 0. The smallest absolute Gasteiger partial charge is 0.203 e. The maximum absolute atomic E-state index is 5.93. The first kappa shape index (κ1) is 15.9. The molecule has 0 atom stereocenters. The highest BCUT2D eigenvalue weighted by Crippen LogP contribution is 2.38. The Morgan fingerprint density at radius 1 is 1.10 bits per heavy atom. The van der Waals surface area contributed by atoms with Crippen LogP contribution in [0.15, 0.2) is 12.1 Å². The number of benzene rings is 1. The van der Waals surface area contributed by atoms with Gasteiger partial charge in [0.25, 0.3) is 0 Å². The highest BCUT2D eigenvalue weighted by atomic mass is 16.5. The summed E-state index contributed by atoms with van der Waals surface area (Å²) in [5.74, 6) is 2.14. The Morgan fingerprint density at radius 2 is 1.71 bits per heavy atom. The summed E-state index contributed by atoms with van der Waals surface area (Å²) in [6.45, 7) is 4.72. The van der Waals surface area contributed by atoms with Gasteiger partial charge in [-0.3, -0.25) is 4.90 Å². The van der Waals surface area contributed by atoms with Gasteiger partial charge >= 0.3 is 0 Å². The van der Waals surface area contributed by atoms with Crippen LogP contribution in [0.2, 0.25) is 0 Å². The van der Waals surface area contributed by atoms with Gasteiger partial charge < -0.3 is 19.5 Å². The maximum atomic E-state index is 5.93. The Kier molecular flexibility index (Phi) is 6.14. The van der Waals surface area contributed by atoms with Crippen LogP contribution in [-0.4, -0.2) is 52.4 Å². The SMILES string of the molecule is CNCc1cc(OC)c(OCCN2CCCC2)c(OC)c1. The zero-order chi connectivity index (χ0) is 15.1. The summed E-state index contributed by atoms with van der Waals surface area (Å²) in [6.07, 6.45) is 2.59. The molecule has 0 spiro atoms. The highest BCUT2D eigenvalue weighted by molar-refractivity contribution is 5.53. The van der Waals surface area contributed by atoms with E-state index in [1.165, 1.54) is 25.9 Å². The van der Waals surface area contributed by atoms with Crippen LogP contribution in [0.4, 0.5) is 0 Å². The summed E-state index contributed by atoms with van der Waals surface area (Å²) in [4.78, 5) is 2.42. The minimum atomic E-state index is 0.651. The van der Waals surface area contributed by atoms with Crippen molar-refractivity contribution in [3.63, 3.8) is 0 Å². The largest absolute Gasteiger partial charge is 0.493 e. The molecular weight excluding hydrogens is 268 g/mol. The molecule has 1 aromatic rings. The Bertz CT molecular complexity index is 420. The van der Waals surface area contributed by atoms with Crippen molar-refractivity contribution in [1.82, 2.24) is 10.2 Å². The molecule has 118 valence electrons. The molecule has 0 unspecified atom stereocenters. The van der Waals surface area contributed by atoms with E-state index in [4.69, 9.17) is 14.2 Å². The predicted molar refractivity (Wildman–Crippen MR) is 83.5 cm³/mol. The van der Waals surface area contributed by atoms with Crippen molar-refractivity contribution >= 4 is 0 Å². The van der Waals surface area contributed by atoms with Crippen LogP contribution < -0.4 is 19.5 Å². The van der Waals surface area contributed by atoms with Gasteiger partial charge in [0.2, 0.25) is 5.75 Å². The van der Waals surface area contributed by atoms with E-state index in [2.05, 4.69) is 10.2 Å². The first-order chi connectivity index (χ1) is 10.3. The van der Waals surface area contributed by atoms with E-state index in [1.807, 2.05) is 19.2 Å². The minimum absolute atomic E-state index is 0.651. The van der Waals surface area contributed by atoms with Gasteiger partial charge in [-0.2, -0.15) is 0 Å². The molecule has 0 bridgehead atoms. The van der Waals surface area contributed by atoms with Crippen LogP contribution in [0.5, 0.6) is 17.2 Å². The average Bonchev–Trinajstić information content (AvgIpc) is 3.01. The Balaban J connectivity index is 2.04. The lowest BCUT2D eigenvalue weighted by molar-refractivity contribution is 0.222. The van der Waals surface area contributed by atoms with E-state index in [0.717, 1.165) is 30.2 Å². The normalized spacial score (nSPS) is 15.2. The third kappa shape index (κ3) is 4.25. The van der Waals surface area contributed by atoms with Crippen molar-refractivity contribution in [3.8, 4) is 17.2 Å². The average molecular weight is 294 g/mol. The molecule has 1 saturated heterocycles. The molecule has 1 heterocycles. The van der Waals surface area contributed by atoms with Crippen molar-refractivity contribution in [3.05, 3.63) is 17.7 Å². The molecule has 1 aliphatic rings. The molecule has 1 N–H and O–H groups in total. The molecule has 21 heavy (non-hydrogen) atoms. The number of nitrogens with one attached hydrogen (secondary N) is 1. The van der Waals surface area contributed by atoms with Crippen LogP contribution in [0, 0.1) is 0 Å². The zero-order valence-electron chi connectivity index (χ0n) is 13.3. The van der Waals surface area contributed by atoms with Crippen molar-refractivity contribution in [2.24, 2.45) is 0 Å². The molecule has 1 aromatic carbocycles. The van der Waals surface area contributed by atoms with Crippen molar-refractivity contribution < 1.29 is 14.2 Å². The van der Waals surface area contributed by atoms with Gasteiger partial charge in [0, 0.05) is 13.1 Å². The summed E-state index contributed by atoms with van der Waals surface area (Å²) in [6, 6.07) is 3.98. The number of nitrogens with zero attached hydrogens (tertiary/aromatic N) is 1. The summed E-state index contributed by atoms with van der Waals surface area (Å²) in [7, 11) is 5.23. The van der Waals surface area contributed by atoms with Crippen LogP contribution in [0.25, 0.3) is 0 Å². The van der Waals surface area contributed by atoms with E-state index in [9.17, 15) is 0 Å². The number of methoxy groups -OCH3 is 2. The number of hydrogen-bond donors (Lipinski definition) is 1. The van der Waals surface area contributed by atoms with Crippen molar-refractivity contribution in [1.29, 1.82) is 0 Å². The maximum Gasteiger partial charge on any atom is 0.203 e. The number of rotatable bonds is 8. The molecule has 5 heteroatoms. The third-order valence-corrected chi connectivity index (χ3v) is 3.75. The molecule has 0 saturated carbocycles. The van der Waals surface area contributed by atoms with Crippen LogP contribution in [0.3, 0.4) is 0 Å². The van der Waals surface area contributed by atoms with Gasteiger partial charge in [-0.1, -0.05) is 0 Å². The third-order valence-electron chi connectivity index (χ3n) is 3.75. The first-order valence-electron chi connectivity index (χ1n) is 7.53. The molecule has 5 nitrogen and oxygen atoms in total. The van der Waals surface area contributed by atoms with Crippen LogP contribution in [-0.2, 0) is 6.54 Å². The highest BCUT2D eigenvalue weighted by Gasteiger charge is 2.16. The molecule has 0 aromatic heterocycles. The lowest BCUT2D eigenvalue weighted by Gasteiger charge is -2.18. The van der Waals surface area contributed by atoms with Crippen molar-refractivity contribution in [2.75, 3.05) is 47.5 Å². The fourth-order valence-corrected chi connectivity index (χ4v) is 2.67. The minimum Gasteiger partial charge on any atom is -0.493 e. The van der Waals surface area contributed by atoms with Gasteiger partial charge in [0.1, 0.15) is 6.61 Å². The molecule has 0 amide bonds. The quantitative estimate of drug-likeness (QED) is 0.793. The van der Waals surface area contributed by atoms with Gasteiger partial charge in [-0.15, -0.1) is 0 Å². The van der Waals surface area contributed by atoms with E-state index in [-0.39, 0.29) is 0 Å². The van der Waals surface area contributed by atoms with Gasteiger partial charge in [0.05, 0.1) is 14.2 Å². The summed E-state index contributed by atoms with van der Waals surface area (Å²) < 4.78 is 16.8. The molecular formula is C16H26N2O3. The Hall–Kier alpha value is -1.46. The zero-order valence-corrected chi connectivity index (χ0v) is 13.3. The van der Waals surface area contributed by atoms with Gasteiger partial charge in [-0.25, -0.2) is 0 Å². The fourth-order valence-electron chi connectivity index (χ4n) is 2.67. The van der Waals surface area contributed by atoms with Gasteiger partial charge in [-0.05, 0) is 50.7 Å². The molecule has 1 fully saturated rings. The van der Waals surface area contributed by atoms with Crippen LogP contribution >= 0.6 is 0 Å². The predicted octanol–water partition coefficient (Wildman–Crippen LogP) is 1.90. The van der Waals surface area contributed by atoms with E-state index in [1.54, 1.807) is 14.2 Å². The lowest BCUT2D eigenvalue weighted by atomic mass is 10.2. The number of ether oxygens (including phenoxy) is 3. The summed E-state index contributed by atoms with van der Waals surface area (Å²) in [5, 5.41) is 3.13. The van der Waals surface area contributed by atoms with Crippen molar-refractivity contribution in [2.45, 2.75) is 19.4 Å². The van der Waals surface area contributed by atoms with Gasteiger partial charge in [0.15, 0.2) is 11.5 Å². The molecule has 2 rings (SSSR count). The second-order valence-corrected chi connectivity index (χ2v) is 5.26. The van der Waals surface area contributed by atoms with E-state index < -0.39 is 0 Å². The number of likely N-dealkylation sites (tertiary alicyclic amines) is 1. The number of hydrogen-bond acceptors (Lipinski definition) is 5. The van der Waals surface area contributed by atoms with Crippen LogP contribution in [0.1, 0.15) is 18.4 Å². The standard InChI is InChI=1S/C16H26N2O3/c1-17-12-13-10-14(19-2)16(15(11-13)20-3)21-9-8-18-6-4-5-7-18/h10-11,17H,4-9,12H2,1-3H3. The lowest BCUT2D eigenvalue weighted by Crippen LogP contribution is -2.25. The monoisotopic (exact) mass is 294 g/mol. The van der Waals surface area contributed by atoms with E-state index in [0.29, 0.717) is 12.4 Å². The first-order valence-corrected chi connectivity index (χ1v) is 7.53. The summed E-state index contributed by atoms with van der Waals surface area (Å²) in [5.41, 5.74) is 1.11. The van der Waals surface area contributed by atoms with E-state index >= 15 is 0 Å². The second-order valence-electron chi connectivity index (χ2n) is 5.26.